The minimum absolute atomic E-state index is 0.0207. The molecule has 0 saturated heterocycles. The first-order valence-corrected chi connectivity index (χ1v) is 22.4. The van der Waals surface area contributed by atoms with Crippen LogP contribution in [0.15, 0.2) is 48.6 Å². The molecular formula is C42H73O13P. The number of carbonyl (C=O) groups is 2. The largest absolute Gasteiger partial charge is 0.472 e. The van der Waals surface area contributed by atoms with E-state index in [4.69, 9.17) is 18.5 Å². The highest BCUT2D eigenvalue weighted by Crippen LogP contribution is 2.47. The highest BCUT2D eigenvalue weighted by atomic mass is 31.2. The first kappa shape index (κ1) is 51.8. The molecule has 1 rings (SSSR count). The molecule has 0 bridgehead atoms. The molecule has 0 aromatic heterocycles. The zero-order chi connectivity index (χ0) is 41.4. The molecule has 0 spiro atoms. The number of ether oxygens (including phenoxy) is 2. The van der Waals surface area contributed by atoms with Crippen molar-refractivity contribution in [3.8, 4) is 0 Å². The van der Waals surface area contributed by atoms with Crippen molar-refractivity contribution in [1.29, 1.82) is 0 Å². The Bertz CT molecular complexity index is 1170. The number of rotatable bonds is 33. The summed E-state index contributed by atoms with van der Waals surface area (Å²) in [5.74, 6) is -1.17. The molecule has 6 N–H and O–H groups in total. The lowest BCUT2D eigenvalue weighted by molar-refractivity contribution is -0.220. The van der Waals surface area contributed by atoms with E-state index in [9.17, 15) is 44.6 Å². The van der Waals surface area contributed by atoms with Gasteiger partial charge in [0.15, 0.2) is 6.10 Å². The van der Waals surface area contributed by atoms with Gasteiger partial charge in [-0.2, -0.15) is 0 Å². The zero-order valence-electron chi connectivity index (χ0n) is 33.9. The van der Waals surface area contributed by atoms with Crippen LogP contribution in [-0.2, 0) is 32.7 Å². The maximum Gasteiger partial charge on any atom is 0.472 e. The summed E-state index contributed by atoms with van der Waals surface area (Å²) in [6.07, 6.45) is 23.3. The second kappa shape index (κ2) is 32.7. The van der Waals surface area contributed by atoms with Crippen molar-refractivity contribution in [3.05, 3.63) is 48.6 Å². The fourth-order valence-corrected chi connectivity index (χ4v) is 6.96. The summed E-state index contributed by atoms with van der Waals surface area (Å²) in [5, 5.41) is 50.0. The number of aliphatic hydroxyl groups is 5. The molecule has 1 aliphatic rings. The molecule has 0 heterocycles. The van der Waals surface area contributed by atoms with Crippen LogP contribution in [0.3, 0.4) is 0 Å². The third-order valence-electron chi connectivity index (χ3n) is 9.40. The van der Waals surface area contributed by atoms with Gasteiger partial charge < -0.3 is 39.9 Å². The predicted octanol–water partition coefficient (Wildman–Crippen LogP) is 7.22. The molecule has 0 amide bonds. The summed E-state index contributed by atoms with van der Waals surface area (Å²) < 4.78 is 33.3. The number of phosphoric acid groups is 1. The predicted molar refractivity (Wildman–Crippen MR) is 216 cm³/mol. The Kier molecular flexibility index (Phi) is 30.3. The van der Waals surface area contributed by atoms with Crippen LogP contribution in [0.2, 0.25) is 0 Å². The molecule has 0 aromatic carbocycles. The van der Waals surface area contributed by atoms with Gasteiger partial charge in [0.25, 0.3) is 0 Å². The third kappa shape index (κ3) is 25.2. The van der Waals surface area contributed by atoms with Gasteiger partial charge in [-0.05, 0) is 44.9 Å². The Labute approximate surface area is 335 Å². The van der Waals surface area contributed by atoms with E-state index >= 15 is 0 Å². The van der Waals surface area contributed by atoms with Gasteiger partial charge in [-0.1, -0.05) is 140 Å². The molecule has 14 heteroatoms. The minimum Gasteiger partial charge on any atom is -0.462 e. The average Bonchev–Trinajstić information content (AvgIpc) is 3.18. The number of hydrogen-bond donors (Lipinski definition) is 6. The Balaban J connectivity index is 2.56. The molecule has 324 valence electrons. The fourth-order valence-electron chi connectivity index (χ4n) is 5.99. The standard InChI is InChI=1S/C42H73O13P/c1-3-5-7-9-11-13-15-17-18-19-21-23-25-27-29-31-36(44)54-34(32-52-35(43)30-28-26-24-22-20-16-14-12-10-8-6-4-2)33-53-56(50,51)55-42-40(48)38(46)37(45)39(47)41(42)49/h7,9,13,15,18-19,23,25,34,37-42,45-49H,3-6,8,10-12,14,16-17,20-22,24,26-33H2,1-2H3,(H,50,51). The third-order valence-corrected chi connectivity index (χ3v) is 10.4. The fraction of sp³-hybridized carbons (Fsp3) is 0.762. The summed E-state index contributed by atoms with van der Waals surface area (Å²) >= 11 is 0. The Hall–Kier alpha value is -2.19. The summed E-state index contributed by atoms with van der Waals surface area (Å²) in [6.45, 7) is 3.15. The number of allylic oxidation sites excluding steroid dienone is 8. The molecule has 1 saturated carbocycles. The first-order valence-electron chi connectivity index (χ1n) is 20.9. The quantitative estimate of drug-likeness (QED) is 0.0168. The van der Waals surface area contributed by atoms with Crippen molar-refractivity contribution < 1.29 is 63.1 Å². The SMILES string of the molecule is CCCC=CCC=CCC=CCC=CCCCC(=O)OC(COC(=O)CCCCCCCCCCCCCC)COP(=O)(O)OC1C(O)C(O)C(O)C(O)C1O. The number of hydrogen-bond acceptors (Lipinski definition) is 12. The van der Waals surface area contributed by atoms with Gasteiger partial charge in [0.2, 0.25) is 0 Å². The van der Waals surface area contributed by atoms with Gasteiger partial charge in [-0.25, -0.2) is 4.57 Å². The van der Waals surface area contributed by atoms with Gasteiger partial charge in [0.05, 0.1) is 6.61 Å². The molecule has 0 radical (unpaired) electrons. The van der Waals surface area contributed by atoms with Gasteiger partial charge >= 0.3 is 19.8 Å². The molecule has 0 aromatic rings. The Morgan fingerprint density at radius 1 is 0.554 bits per heavy atom. The molecule has 0 aliphatic heterocycles. The van der Waals surface area contributed by atoms with Crippen LogP contribution in [-0.4, -0.2) is 98.3 Å². The number of carbonyl (C=O) groups excluding carboxylic acids is 2. The maximum atomic E-state index is 12.8. The summed E-state index contributed by atoms with van der Waals surface area (Å²) in [7, 11) is -5.13. The number of esters is 2. The van der Waals surface area contributed by atoms with Crippen LogP contribution in [0.25, 0.3) is 0 Å². The molecular weight excluding hydrogens is 743 g/mol. The molecule has 56 heavy (non-hydrogen) atoms. The number of unbranched alkanes of at least 4 members (excludes halogenated alkanes) is 13. The van der Waals surface area contributed by atoms with Crippen LogP contribution in [0.5, 0.6) is 0 Å². The lowest BCUT2D eigenvalue weighted by Gasteiger charge is -2.41. The second-order valence-electron chi connectivity index (χ2n) is 14.5. The van der Waals surface area contributed by atoms with Gasteiger partial charge in [-0.15, -0.1) is 0 Å². The maximum absolute atomic E-state index is 12.8. The molecule has 1 aliphatic carbocycles. The summed E-state index contributed by atoms with van der Waals surface area (Å²) in [4.78, 5) is 35.5. The Morgan fingerprint density at radius 2 is 1.00 bits per heavy atom. The summed E-state index contributed by atoms with van der Waals surface area (Å²) in [5.41, 5.74) is 0. The topological polar surface area (TPSA) is 210 Å². The van der Waals surface area contributed by atoms with E-state index in [1.807, 2.05) is 12.2 Å². The van der Waals surface area contributed by atoms with Crippen molar-refractivity contribution in [2.75, 3.05) is 13.2 Å². The van der Waals surface area contributed by atoms with Gasteiger partial charge in [-0.3, -0.25) is 18.6 Å². The van der Waals surface area contributed by atoms with Crippen molar-refractivity contribution in [2.24, 2.45) is 0 Å². The van der Waals surface area contributed by atoms with Gasteiger partial charge in [0, 0.05) is 12.8 Å². The van der Waals surface area contributed by atoms with E-state index in [2.05, 4.69) is 50.3 Å². The van der Waals surface area contributed by atoms with E-state index in [-0.39, 0.29) is 12.8 Å². The molecule has 6 atom stereocenters. The first-order chi connectivity index (χ1) is 26.9. The molecule has 1 fully saturated rings. The van der Waals surface area contributed by atoms with Crippen molar-refractivity contribution >= 4 is 19.8 Å². The lowest BCUT2D eigenvalue weighted by atomic mass is 9.85. The van der Waals surface area contributed by atoms with E-state index in [0.29, 0.717) is 19.3 Å². The highest BCUT2D eigenvalue weighted by Gasteiger charge is 2.51. The Morgan fingerprint density at radius 3 is 1.52 bits per heavy atom. The van der Waals surface area contributed by atoms with E-state index in [0.717, 1.165) is 51.4 Å². The smallest absolute Gasteiger partial charge is 0.462 e. The number of aliphatic hydroxyl groups excluding tert-OH is 5. The highest BCUT2D eigenvalue weighted by molar-refractivity contribution is 7.47. The van der Waals surface area contributed by atoms with Crippen molar-refractivity contribution in [2.45, 2.75) is 191 Å². The van der Waals surface area contributed by atoms with Gasteiger partial charge in [0.1, 0.15) is 43.2 Å². The van der Waals surface area contributed by atoms with E-state index < -0.39 is 75.7 Å². The normalized spacial score (nSPS) is 23.4. The van der Waals surface area contributed by atoms with Crippen LogP contribution in [0.4, 0.5) is 0 Å². The summed E-state index contributed by atoms with van der Waals surface area (Å²) in [6, 6.07) is 0. The van der Waals surface area contributed by atoms with Crippen LogP contribution >= 0.6 is 7.82 Å². The minimum atomic E-state index is -5.13. The van der Waals surface area contributed by atoms with Crippen molar-refractivity contribution in [1.82, 2.24) is 0 Å². The van der Waals surface area contributed by atoms with Crippen LogP contribution in [0.1, 0.15) is 149 Å². The molecule has 13 nitrogen and oxygen atoms in total. The number of phosphoric ester groups is 1. The van der Waals surface area contributed by atoms with Crippen LogP contribution in [0, 0.1) is 0 Å². The second-order valence-corrected chi connectivity index (χ2v) is 15.9. The zero-order valence-corrected chi connectivity index (χ0v) is 34.8. The lowest BCUT2D eigenvalue weighted by Crippen LogP contribution is -2.64. The monoisotopic (exact) mass is 816 g/mol. The molecule has 6 unspecified atom stereocenters. The van der Waals surface area contributed by atoms with E-state index in [1.165, 1.54) is 51.4 Å². The van der Waals surface area contributed by atoms with Crippen LogP contribution < -0.4 is 0 Å². The average molecular weight is 817 g/mol. The van der Waals surface area contributed by atoms with E-state index in [1.54, 1.807) is 0 Å². The van der Waals surface area contributed by atoms with Crippen molar-refractivity contribution in [3.63, 3.8) is 0 Å².